The number of benzene rings is 1. The van der Waals surface area contributed by atoms with E-state index in [4.69, 9.17) is 4.98 Å². The Labute approximate surface area is 227 Å². The van der Waals surface area contributed by atoms with Crippen molar-refractivity contribution in [2.75, 3.05) is 39.1 Å². The van der Waals surface area contributed by atoms with Gasteiger partial charge in [-0.05, 0) is 49.7 Å². The van der Waals surface area contributed by atoms with E-state index in [0.717, 1.165) is 18.5 Å². The number of nitrogens with zero attached hydrogens (tertiary/aromatic N) is 7. The molecule has 2 aromatic rings. The van der Waals surface area contributed by atoms with Crippen LogP contribution >= 0.6 is 11.3 Å². The molecule has 0 aliphatic carbocycles. The molecular formula is C27H33FN8OS. The number of hydrogen-bond acceptors (Lipinski definition) is 8. The average molecular weight is 537 g/mol. The molecule has 11 heteroatoms. The first-order valence-electron chi connectivity index (χ1n) is 12.2. The van der Waals surface area contributed by atoms with Crippen LogP contribution in [0.4, 0.5) is 9.52 Å². The van der Waals surface area contributed by atoms with Gasteiger partial charge in [0.25, 0.3) is 5.91 Å². The zero-order valence-corrected chi connectivity index (χ0v) is 23.1. The van der Waals surface area contributed by atoms with Crippen molar-refractivity contribution in [3.8, 4) is 17.3 Å². The third-order valence-corrected chi connectivity index (χ3v) is 7.29. The lowest BCUT2D eigenvalue weighted by Gasteiger charge is -2.36. The zero-order chi connectivity index (χ0) is 27.8. The molecular weight excluding hydrogens is 503 g/mol. The number of allylic oxidation sites excluding steroid dienone is 1. The van der Waals surface area contributed by atoms with Crippen molar-refractivity contribution in [2.45, 2.75) is 26.2 Å². The summed E-state index contributed by atoms with van der Waals surface area (Å²) in [4.78, 5) is 26.3. The molecule has 0 saturated carbocycles. The van der Waals surface area contributed by atoms with Crippen molar-refractivity contribution in [3.63, 3.8) is 0 Å². The van der Waals surface area contributed by atoms with Gasteiger partial charge >= 0.3 is 0 Å². The number of likely N-dealkylation sites (tertiary alicyclic amines) is 1. The summed E-state index contributed by atoms with van der Waals surface area (Å²) in [6.07, 6.45) is 5.46. The van der Waals surface area contributed by atoms with Crippen LogP contribution in [0.3, 0.4) is 0 Å². The summed E-state index contributed by atoms with van der Waals surface area (Å²) < 4.78 is 13.5. The van der Waals surface area contributed by atoms with Gasteiger partial charge in [0, 0.05) is 46.0 Å². The molecule has 1 N–H and O–H groups in total. The van der Waals surface area contributed by atoms with Crippen LogP contribution in [-0.2, 0) is 4.79 Å². The average Bonchev–Trinajstić information content (AvgIpc) is 3.61. The third-order valence-electron chi connectivity index (χ3n) is 6.25. The maximum atomic E-state index is 13.5. The van der Waals surface area contributed by atoms with Crippen molar-refractivity contribution >= 4 is 28.2 Å². The molecule has 1 aliphatic rings. The molecule has 1 amide bonds. The maximum Gasteiger partial charge on any atom is 0.291 e. The number of nitrogens with one attached hydrogen (secondary N) is 1. The van der Waals surface area contributed by atoms with Crippen LogP contribution in [0, 0.1) is 17.1 Å². The number of aromatic nitrogens is 1. The lowest BCUT2D eigenvalue weighted by atomic mass is 10.1. The number of anilines is 1. The van der Waals surface area contributed by atoms with E-state index < -0.39 is 0 Å². The molecule has 1 fully saturated rings. The molecule has 1 aliphatic heterocycles. The summed E-state index contributed by atoms with van der Waals surface area (Å²) in [7, 11) is 5.46. The molecule has 200 valence electrons. The molecule has 0 bridgehead atoms. The normalized spacial score (nSPS) is 13.9. The Kier molecular flexibility index (Phi) is 9.62. The maximum absolute atomic E-state index is 13.5. The number of aliphatic imine (C=N–C) groups is 1. The number of amides is 1. The molecule has 2 heterocycles. The fourth-order valence-electron chi connectivity index (χ4n) is 4.20. The van der Waals surface area contributed by atoms with Crippen LogP contribution in [0.25, 0.3) is 11.3 Å². The van der Waals surface area contributed by atoms with E-state index in [0.29, 0.717) is 46.6 Å². The Morgan fingerprint density at radius 3 is 2.45 bits per heavy atom. The van der Waals surface area contributed by atoms with Gasteiger partial charge in [-0.1, -0.05) is 31.4 Å². The Morgan fingerprint density at radius 2 is 1.89 bits per heavy atom. The largest absolute Gasteiger partial charge is 0.347 e. The van der Waals surface area contributed by atoms with Crippen molar-refractivity contribution in [1.29, 1.82) is 5.26 Å². The second-order valence-corrected chi connectivity index (χ2v) is 9.51. The van der Waals surface area contributed by atoms with E-state index in [9.17, 15) is 14.4 Å². The number of carbonyl (C=O) groups is 1. The van der Waals surface area contributed by atoms with Gasteiger partial charge in [0.1, 0.15) is 28.3 Å². The van der Waals surface area contributed by atoms with Crippen LogP contribution in [0.1, 0.15) is 31.1 Å². The fraction of sp³-hybridized carbons (Fsp3) is 0.333. The summed E-state index contributed by atoms with van der Waals surface area (Å²) in [5, 5.41) is 17.1. The first kappa shape index (κ1) is 28.4. The van der Waals surface area contributed by atoms with Gasteiger partial charge in [-0.2, -0.15) is 5.26 Å². The van der Waals surface area contributed by atoms with Gasteiger partial charge in [-0.3, -0.25) is 14.8 Å². The molecule has 0 radical (unpaired) electrons. The number of carbonyl (C=O) groups excluding carboxylic acids is 1. The minimum Gasteiger partial charge on any atom is -0.347 e. The number of thiazole rings is 1. The highest BCUT2D eigenvalue weighted by molar-refractivity contribution is 7.16. The van der Waals surface area contributed by atoms with E-state index >= 15 is 0 Å². The van der Waals surface area contributed by atoms with Crippen LogP contribution in [-0.4, -0.2) is 65.9 Å². The van der Waals surface area contributed by atoms with Crippen molar-refractivity contribution in [2.24, 2.45) is 4.99 Å². The molecule has 0 atom stereocenters. The van der Waals surface area contributed by atoms with Gasteiger partial charge in [0.05, 0.1) is 5.70 Å². The van der Waals surface area contributed by atoms with E-state index in [-0.39, 0.29) is 17.6 Å². The summed E-state index contributed by atoms with van der Waals surface area (Å²) in [6.45, 7) is 10.9. The highest BCUT2D eigenvalue weighted by Crippen LogP contribution is 2.34. The van der Waals surface area contributed by atoms with Crippen LogP contribution in [0.2, 0.25) is 0 Å². The summed E-state index contributed by atoms with van der Waals surface area (Å²) in [6, 6.07) is 8.09. The van der Waals surface area contributed by atoms with Crippen molar-refractivity contribution in [1.82, 2.24) is 25.2 Å². The second kappa shape index (κ2) is 12.9. The fourth-order valence-corrected chi connectivity index (χ4v) is 5.05. The highest BCUT2D eigenvalue weighted by Gasteiger charge is 2.29. The number of nitriles is 1. The van der Waals surface area contributed by atoms with Gasteiger partial charge < -0.3 is 15.1 Å². The molecule has 1 aromatic carbocycles. The summed E-state index contributed by atoms with van der Waals surface area (Å²) >= 11 is 1.23. The second-order valence-electron chi connectivity index (χ2n) is 8.53. The molecule has 9 nitrogen and oxygen atoms in total. The Morgan fingerprint density at radius 1 is 1.24 bits per heavy atom. The van der Waals surface area contributed by atoms with Crippen LogP contribution in [0.15, 0.2) is 66.3 Å². The topological polar surface area (TPSA) is 91.1 Å². The molecule has 0 spiro atoms. The minimum atomic E-state index is -0.359. The van der Waals surface area contributed by atoms with E-state index in [1.807, 2.05) is 30.9 Å². The highest BCUT2D eigenvalue weighted by atomic mass is 32.1. The lowest BCUT2D eigenvalue weighted by Crippen LogP contribution is -2.49. The number of hydrazine groups is 1. The first-order chi connectivity index (χ1) is 18.3. The molecule has 38 heavy (non-hydrogen) atoms. The molecule has 0 unspecified atom stereocenters. The van der Waals surface area contributed by atoms with Gasteiger partial charge in [0.15, 0.2) is 5.13 Å². The van der Waals surface area contributed by atoms with E-state index in [2.05, 4.69) is 29.5 Å². The van der Waals surface area contributed by atoms with Gasteiger partial charge in [-0.25, -0.2) is 14.4 Å². The van der Waals surface area contributed by atoms with Gasteiger partial charge in [0.2, 0.25) is 5.84 Å². The summed E-state index contributed by atoms with van der Waals surface area (Å²) in [5.41, 5.74) is 1.95. The van der Waals surface area contributed by atoms with Crippen LogP contribution < -0.4 is 10.2 Å². The predicted octanol–water partition coefficient (Wildman–Crippen LogP) is 4.51. The Hall–Kier alpha value is -4.17. The Bertz CT molecular complexity index is 1270. The smallest absolute Gasteiger partial charge is 0.291 e. The monoisotopic (exact) mass is 536 g/mol. The number of hydrogen-bond donors (Lipinski definition) is 1. The van der Waals surface area contributed by atoms with Crippen molar-refractivity contribution < 1.29 is 9.18 Å². The number of amidine groups is 1. The predicted molar refractivity (Wildman–Crippen MR) is 150 cm³/mol. The van der Waals surface area contributed by atoms with Crippen molar-refractivity contribution in [3.05, 3.63) is 72.0 Å². The Balaban J connectivity index is 2.01. The lowest BCUT2D eigenvalue weighted by molar-refractivity contribution is -0.124. The number of rotatable bonds is 9. The number of halogens is 1. The quantitative estimate of drug-likeness (QED) is 0.286. The molecule has 1 saturated heterocycles. The number of likely N-dealkylation sites (N-methyl/N-ethyl adjacent to an activating group) is 1. The molecule has 1 aromatic heterocycles. The first-order valence-corrected chi connectivity index (χ1v) is 13.0. The minimum absolute atomic E-state index is 0.152. The van der Waals surface area contributed by atoms with Gasteiger partial charge in [-0.15, -0.1) is 0 Å². The van der Waals surface area contributed by atoms with E-state index in [1.165, 1.54) is 29.7 Å². The third kappa shape index (κ3) is 6.03. The molecule has 3 rings (SSSR count). The van der Waals surface area contributed by atoms with Crippen LogP contribution in [0.5, 0.6) is 0 Å². The zero-order valence-electron chi connectivity index (χ0n) is 22.2. The van der Waals surface area contributed by atoms with E-state index in [1.54, 1.807) is 35.3 Å². The SMILES string of the molecule is C=CN=C(C(=O)N1CCCC1)N(C)N(C)/C(CC)=C(\NC=C)N(C)c1nc(-c2ccc(F)cc2)c(C#N)s1. The standard InChI is InChI=1S/C27H33FN8OS/c1-7-21(34(5)35(6)25(31-9-3)26(37)36-16-10-11-17-36)24(30-8-2)33(4)27-32-23(22(18-29)38-27)19-12-14-20(28)15-13-19/h8-9,12-15,30H,2-3,7,10-11,16-17H2,1,4-6H3/b24-21+,31-25?. The summed E-state index contributed by atoms with van der Waals surface area (Å²) in [5.74, 6) is 0.409.